The smallest absolute Gasteiger partial charge is 0.320 e. The van der Waals surface area contributed by atoms with Crippen LogP contribution in [0.1, 0.15) is 20.8 Å². The molecule has 3 aliphatic heterocycles. The van der Waals surface area contributed by atoms with Crippen LogP contribution in [0, 0.1) is 5.41 Å². The van der Waals surface area contributed by atoms with Crippen molar-refractivity contribution in [2.24, 2.45) is 5.41 Å². The second-order valence-electron chi connectivity index (χ2n) is 8.28. The molecular weight excluding hydrogens is 442 g/mol. The molecule has 13 nitrogen and oxygen atoms in total. The molecule has 3 heterocycles. The van der Waals surface area contributed by atoms with E-state index in [9.17, 15) is 14.4 Å². The lowest BCUT2D eigenvalue weighted by Gasteiger charge is -2.23. The lowest BCUT2D eigenvalue weighted by molar-refractivity contribution is -0.141. The van der Waals surface area contributed by atoms with Crippen molar-refractivity contribution in [3.05, 3.63) is 0 Å². The Bertz CT molecular complexity index is 521. The van der Waals surface area contributed by atoms with Gasteiger partial charge in [0, 0.05) is 39.3 Å². The summed E-state index contributed by atoms with van der Waals surface area (Å²) < 4.78 is 0. The number of carboxylic acids is 3. The zero-order valence-corrected chi connectivity index (χ0v) is 19.5. The monoisotopic (exact) mass is 481 g/mol. The van der Waals surface area contributed by atoms with Crippen molar-refractivity contribution in [2.75, 3.05) is 65.7 Å². The van der Waals surface area contributed by atoms with Crippen LogP contribution in [0.2, 0.25) is 0 Å². The summed E-state index contributed by atoms with van der Waals surface area (Å²) in [6.07, 6.45) is 0. The number of aliphatic hydroxyl groups is 4. The highest BCUT2D eigenvalue weighted by Crippen LogP contribution is 2.12. The zero-order chi connectivity index (χ0) is 25.8. The molecule has 0 spiro atoms. The fourth-order valence-corrected chi connectivity index (χ4v) is 2.10. The summed E-state index contributed by atoms with van der Waals surface area (Å²) in [5.41, 5.74) is -1.11. The maximum atomic E-state index is 10.1. The van der Waals surface area contributed by atoms with Crippen LogP contribution in [-0.2, 0) is 14.4 Å². The van der Waals surface area contributed by atoms with Crippen molar-refractivity contribution in [1.82, 2.24) is 14.7 Å². The van der Waals surface area contributed by atoms with E-state index in [0.717, 1.165) is 39.3 Å². The number of carboxylic acid groups (broad SMARTS) is 3. The molecule has 0 amide bonds. The largest absolute Gasteiger partial charge is 0.480 e. The first-order chi connectivity index (χ1) is 15.4. The number of hydrogen-bond acceptors (Lipinski definition) is 10. The van der Waals surface area contributed by atoms with Gasteiger partial charge in [-0.2, -0.15) is 0 Å². The third-order valence-electron chi connectivity index (χ3n) is 5.50. The molecule has 33 heavy (non-hydrogen) atoms. The number of aliphatic carboxylic acids is 3. The van der Waals surface area contributed by atoms with Crippen LogP contribution >= 0.6 is 0 Å². The molecule has 0 aromatic heterocycles. The fourth-order valence-electron chi connectivity index (χ4n) is 2.10. The standard InChI is InChI=1S/3C5H9NO2.C5H12O4/c3*1-4(5(7)8)6-2-3-6;6-1-5(2-7,3-8)4-9/h3*4H,2-3H2,1H3,(H,7,8);6-9H,1-4H2. The Morgan fingerprint density at radius 1 is 0.576 bits per heavy atom. The maximum Gasteiger partial charge on any atom is 0.320 e. The molecule has 13 heteroatoms. The molecule has 7 N–H and O–H groups in total. The number of nitrogens with zero attached hydrogens (tertiary/aromatic N) is 3. The van der Waals surface area contributed by atoms with Crippen molar-refractivity contribution in [2.45, 2.75) is 38.9 Å². The Hall–Kier alpha value is -1.87. The normalized spacial score (nSPS) is 19.7. The van der Waals surface area contributed by atoms with E-state index in [4.69, 9.17) is 35.7 Å². The van der Waals surface area contributed by atoms with Gasteiger partial charge in [0.25, 0.3) is 0 Å². The summed E-state index contributed by atoms with van der Waals surface area (Å²) in [6, 6.07) is -0.806. The van der Waals surface area contributed by atoms with E-state index in [-0.39, 0.29) is 18.1 Å². The third kappa shape index (κ3) is 12.8. The van der Waals surface area contributed by atoms with Gasteiger partial charge in [0.1, 0.15) is 18.1 Å². The van der Waals surface area contributed by atoms with Gasteiger partial charge in [-0.1, -0.05) is 0 Å². The van der Waals surface area contributed by atoms with Gasteiger partial charge in [-0.3, -0.25) is 29.1 Å². The number of hydrogen-bond donors (Lipinski definition) is 7. The molecule has 3 fully saturated rings. The summed E-state index contributed by atoms with van der Waals surface area (Å²) in [5, 5.41) is 59.0. The van der Waals surface area contributed by atoms with Crippen molar-refractivity contribution < 1.29 is 50.1 Å². The van der Waals surface area contributed by atoms with Crippen molar-refractivity contribution in [3.63, 3.8) is 0 Å². The predicted molar refractivity (Wildman–Crippen MR) is 117 cm³/mol. The topological polar surface area (TPSA) is 202 Å². The molecule has 194 valence electrons. The molecular formula is C20H39N3O10. The van der Waals surface area contributed by atoms with Gasteiger partial charge < -0.3 is 35.7 Å². The Morgan fingerprint density at radius 3 is 0.788 bits per heavy atom. The lowest BCUT2D eigenvalue weighted by atomic mass is 9.93. The van der Waals surface area contributed by atoms with Crippen molar-refractivity contribution >= 4 is 17.9 Å². The highest BCUT2D eigenvalue weighted by molar-refractivity contribution is 5.74. The molecule has 0 aromatic carbocycles. The molecule has 3 saturated heterocycles. The van der Waals surface area contributed by atoms with E-state index in [1.165, 1.54) is 0 Å². The predicted octanol–water partition coefficient (Wildman–Crippen LogP) is -2.73. The number of aliphatic hydroxyl groups excluding tert-OH is 4. The minimum absolute atomic E-state index is 0.269. The number of rotatable bonds is 10. The Morgan fingerprint density at radius 2 is 0.758 bits per heavy atom. The van der Waals surface area contributed by atoms with E-state index < -0.39 is 49.8 Å². The zero-order valence-electron chi connectivity index (χ0n) is 19.5. The first kappa shape index (κ1) is 31.1. The quantitative estimate of drug-likeness (QED) is 0.159. The van der Waals surface area contributed by atoms with Crippen molar-refractivity contribution in [3.8, 4) is 0 Å². The Balaban J connectivity index is 0.000000414. The van der Waals surface area contributed by atoms with Gasteiger partial charge in [-0.05, 0) is 20.8 Å². The van der Waals surface area contributed by atoms with Gasteiger partial charge in [0.05, 0.1) is 31.8 Å². The molecule has 3 unspecified atom stereocenters. The summed E-state index contributed by atoms with van der Waals surface area (Å²) in [7, 11) is 0. The van der Waals surface area contributed by atoms with Crippen LogP contribution in [0.5, 0.6) is 0 Å². The lowest BCUT2D eigenvalue weighted by Crippen LogP contribution is -2.37. The second-order valence-corrected chi connectivity index (χ2v) is 8.28. The molecule has 0 bridgehead atoms. The van der Waals surface area contributed by atoms with E-state index in [1.54, 1.807) is 20.8 Å². The molecule has 0 saturated carbocycles. The van der Waals surface area contributed by atoms with Crippen LogP contribution in [-0.4, -0.2) is 152 Å². The third-order valence-corrected chi connectivity index (χ3v) is 5.50. The molecule has 0 aromatic rings. The average Bonchev–Trinajstić information content (AvgIpc) is 3.64. The summed E-state index contributed by atoms with van der Waals surface area (Å²) in [4.78, 5) is 36.1. The minimum atomic E-state index is -1.11. The van der Waals surface area contributed by atoms with E-state index in [0.29, 0.717) is 0 Å². The van der Waals surface area contributed by atoms with Crippen LogP contribution in [0.4, 0.5) is 0 Å². The van der Waals surface area contributed by atoms with E-state index >= 15 is 0 Å². The van der Waals surface area contributed by atoms with Crippen LogP contribution in [0.25, 0.3) is 0 Å². The Labute approximate surface area is 193 Å². The van der Waals surface area contributed by atoms with Crippen LogP contribution < -0.4 is 0 Å². The van der Waals surface area contributed by atoms with Gasteiger partial charge >= 0.3 is 17.9 Å². The highest BCUT2D eigenvalue weighted by atomic mass is 16.4. The van der Waals surface area contributed by atoms with E-state index in [1.807, 2.05) is 14.7 Å². The van der Waals surface area contributed by atoms with Gasteiger partial charge in [-0.15, -0.1) is 0 Å². The van der Waals surface area contributed by atoms with Crippen LogP contribution in [0.3, 0.4) is 0 Å². The summed E-state index contributed by atoms with van der Waals surface area (Å²) in [5.74, 6) is -2.16. The first-order valence-electron chi connectivity index (χ1n) is 10.7. The van der Waals surface area contributed by atoms with Crippen molar-refractivity contribution in [1.29, 1.82) is 0 Å². The fraction of sp³-hybridized carbons (Fsp3) is 0.850. The second kappa shape index (κ2) is 15.1. The van der Waals surface area contributed by atoms with Crippen LogP contribution in [0.15, 0.2) is 0 Å². The Kier molecular flexibility index (Phi) is 14.3. The molecule has 0 radical (unpaired) electrons. The minimum Gasteiger partial charge on any atom is -0.480 e. The maximum absolute atomic E-state index is 10.1. The SMILES string of the molecule is CC(C(=O)O)N1CC1.CC(C(=O)O)N1CC1.CC(C(=O)O)N1CC1.OCC(CO)(CO)CO. The average molecular weight is 482 g/mol. The number of carbonyl (C=O) groups is 3. The van der Waals surface area contributed by atoms with Gasteiger partial charge in [-0.25, -0.2) is 0 Å². The van der Waals surface area contributed by atoms with Gasteiger partial charge in [0.2, 0.25) is 0 Å². The summed E-state index contributed by atoms with van der Waals surface area (Å²) in [6.45, 7) is 9.20. The molecule has 3 rings (SSSR count). The van der Waals surface area contributed by atoms with E-state index in [2.05, 4.69) is 0 Å². The van der Waals surface area contributed by atoms with Gasteiger partial charge in [0.15, 0.2) is 0 Å². The molecule has 3 aliphatic rings. The molecule has 3 atom stereocenters. The first-order valence-corrected chi connectivity index (χ1v) is 10.7. The molecule has 0 aliphatic carbocycles. The summed E-state index contributed by atoms with van der Waals surface area (Å²) >= 11 is 0. The highest BCUT2D eigenvalue weighted by Gasteiger charge is 2.30.